The van der Waals surface area contributed by atoms with Gasteiger partial charge >= 0.3 is 0 Å². The van der Waals surface area contributed by atoms with Crippen molar-refractivity contribution in [1.82, 2.24) is 25.0 Å². The highest BCUT2D eigenvalue weighted by atomic mass is 35.5. The van der Waals surface area contributed by atoms with Crippen LogP contribution in [0.25, 0.3) is 15.5 Å². The lowest BCUT2D eigenvalue weighted by Gasteiger charge is -2.49. The van der Waals surface area contributed by atoms with E-state index in [-0.39, 0.29) is 31.2 Å². The molecule has 0 radical (unpaired) electrons. The third-order valence-electron chi connectivity index (χ3n) is 9.04. The zero-order valence-corrected chi connectivity index (χ0v) is 31.8. The van der Waals surface area contributed by atoms with Crippen LogP contribution in [-0.4, -0.2) is 62.4 Å². The molecule has 8 rings (SSSR count). The molecule has 56 heavy (non-hydrogen) atoms. The molecule has 2 fully saturated rings. The van der Waals surface area contributed by atoms with E-state index in [4.69, 9.17) is 46.6 Å². The normalized spacial score (nSPS) is 21.9. The lowest BCUT2D eigenvalue weighted by molar-refractivity contribution is -0.311. The Bertz CT molecular complexity index is 2290. The number of benzene rings is 3. The number of aromatic nitrogens is 5. The minimum absolute atomic E-state index is 0.0598. The van der Waals surface area contributed by atoms with Crippen LogP contribution in [0.5, 0.6) is 11.5 Å². The highest BCUT2D eigenvalue weighted by molar-refractivity contribution is 8.00. The first-order valence-corrected chi connectivity index (χ1v) is 19.3. The van der Waals surface area contributed by atoms with Crippen molar-refractivity contribution in [3.8, 4) is 22.2 Å². The molecule has 3 aromatic carbocycles. The van der Waals surface area contributed by atoms with Crippen LogP contribution < -0.4 is 9.47 Å². The Labute approximate surface area is 333 Å². The number of thiazole rings is 1. The average molecular weight is 817 g/mol. The Morgan fingerprint density at radius 2 is 1.82 bits per heavy atom. The van der Waals surface area contributed by atoms with E-state index >= 15 is 8.78 Å². The van der Waals surface area contributed by atoms with Gasteiger partial charge in [0.05, 0.1) is 31.5 Å². The number of nitrogens with zero attached hydrogens (tertiary/aromatic N) is 6. The molecule has 0 bridgehead atoms. The number of pyridine rings is 1. The van der Waals surface area contributed by atoms with Crippen molar-refractivity contribution < 1.29 is 37.2 Å². The SMILES string of the molecule is [C-]#[N+]c1ncc(Cl)cc1S[C@H]1OC2COC(c3ccccc3)O[C@@H]2[C@H](n2cc(-c3nccs3)nn2)C1OCc1cc(F)c(OCc2ccc(OC)cc2)c(F)c1. The van der Waals surface area contributed by atoms with E-state index in [0.29, 0.717) is 31.9 Å². The third kappa shape index (κ3) is 8.25. The minimum atomic E-state index is -0.920. The van der Waals surface area contributed by atoms with Crippen molar-refractivity contribution in [3.63, 3.8) is 0 Å². The zero-order chi connectivity index (χ0) is 38.6. The summed E-state index contributed by atoms with van der Waals surface area (Å²) in [6.07, 6.45) is 1.82. The van der Waals surface area contributed by atoms with E-state index < -0.39 is 53.5 Å². The van der Waals surface area contributed by atoms with Crippen LogP contribution in [0, 0.1) is 18.2 Å². The van der Waals surface area contributed by atoms with Crippen molar-refractivity contribution in [2.24, 2.45) is 0 Å². The van der Waals surface area contributed by atoms with Gasteiger partial charge in [0.25, 0.3) is 5.82 Å². The number of halogens is 3. The molecule has 2 aliphatic heterocycles. The number of fused-ring (bicyclic) bond motifs is 1. The van der Waals surface area contributed by atoms with Gasteiger partial charge in [-0.05, 0) is 41.5 Å². The summed E-state index contributed by atoms with van der Waals surface area (Å²) in [7, 11) is 1.55. The Balaban J connectivity index is 1.13. The molecule has 0 amide bonds. The second-order valence-corrected chi connectivity index (χ2v) is 15.1. The van der Waals surface area contributed by atoms with Gasteiger partial charge in [0, 0.05) is 22.0 Å². The van der Waals surface area contributed by atoms with Gasteiger partial charge in [-0.3, -0.25) is 0 Å². The molecular weight excluding hydrogens is 786 g/mol. The first-order chi connectivity index (χ1) is 27.4. The van der Waals surface area contributed by atoms with E-state index in [1.54, 1.807) is 54.5 Å². The van der Waals surface area contributed by atoms with Gasteiger partial charge in [-0.15, -0.1) is 33.2 Å². The fourth-order valence-corrected chi connectivity index (χ4v) is 8.43. The second-order valence-electron chi connectivity index (χ2n) is 12.6. The maximum Gasteiger partial charge on any atom is 0.283 e. The van der Waals surface area contributed by atoms with E-state index in [1.165, 1.54) is 41.4 Å². The van der Waals surface area contributed by atoms with Crippen molar-refractivity contribution in [2.75, 3.05) is 13.7 Å². The third-order valence-corrected chi connectivity index (χ3v) is 11.2. The standard InChI is InChI=1S/C39H31ClF2N6O6S2/c1-43-36-31(16-25(40)17-45-36)56-39-35(51-20-23-14-27(41)33(28(42)15-23)50-19-22-8-10-26(49-2)11-9-22)32(48-18-29(46-47-48)37-44-12-13-55-37)34-30(53-39)21-52-38(54-34)24-6-4-3-5-7-24/h3-18,30,32,34-35,38-39H,19-21H2,2H3/t30?,32-,34-,35?,38?,39+/m0/s1. The lowest BCUT2D eigenvalue weighted by atomic mass is 9.95. The average Bonchev–Trinajstić information content (AvgIpc) is 3.94. The second kappa shape index (κ2) is 17.0. The largest absolute Gasteiger partial charge is 0.497 e. The van der Waals surface area contributed by atoms with Crippen molar-refractivity contribution in [1.29, 1.82) is 0 Å². The smallest absolute Gasteiger partial charge is 0.283 e. The van der Waals surface area contributed by atoms with Gasteiger partial charge in [0.15, 0.2) is 23.7 Å². The zero-order valence-electron chi connectivity index (χ0n) is 29.4. The molecule has 286 valence electrons. The Kier molecular flexibility index (Phi) is 11.5. The van der Waals surface area contributed by atoms with Crippen LogP contribution >= 0.6 is 34.7 Å². The number of hydrogen-bond donors (Lipinski definition) is 0. The molecule has 3 unspecified atom stereocenters. The Morgan fingerprint density at radius 3 is 2.55 bits per heavy atom. The fourth-order valence-electron chi connectivity index (χ4n) is 6.40. The van der Waals surface area contributed by atoms with Gasteiger partial charge in [-0.2, -0.15) is 0 Å². The lowest BCUT2D eigenvalue weighted by Crippen LogP contribution is -2.59. The molecule has 5 heterocycles. The number of methoxy groups -OCH3 is 1. The Hall–Kier alpha value is -4.99. The maximum atomic E-state index is 15.5. The topological polar surface area (TPSA) is 116 Å². The summed E-state index contributed by atoms with van der Waals surface area (Å²) in [5.74, 6) is -1.54. The van der Waals surface area contributed by atoms with Crippen molar-refractivity contribution in [3.05, 3.63) is 142 Å². The molecule has 2 aliphatic rings. The van der Waals surface area contributed by atoms with E-state index in [2.05, 4.69) is 25.1 Å². The van der Waals surface area contributed by atoms with Crippen molar-refractivity contribution >= 4 is 40.5 Å². The molecule has 0 aliphatic carbocycles. The molecule has 2 saturated heterocycles. The summed E-state index contributed by atoms with van der Waals surface area (Å²) in [5.41, 5.74) is 1.38. The van der Waals surface area contributed by atoms with Gasteiger partial charge in [-0.1, -0.05) is 65.9 Å². The number of rotatable bonds is 12. The molecule has 0 N–H and O–H groups in total. The number of hydrogen-bond acceptors (Lipinski definition) is 12. The summed E-state index contributed by atoms with van der Waals surface area (Å²) in [6.45, 7) is 7.59. The fraction of sp³-hybridized carbons (Fsp3) is 0.256. The first-order valence-electron chi connectivity index (χ1n) is 17.2. The molecule has 0 saturated carbocycles. The number of thioether (sulfide) groups is 1. The summed E-state index contributed by atoms with van der Waals surface area (Å²) in [5, 5.41) is 11.7. The van der Waals surface area contributed by atoms with E-state index in [9.17, 15) is 0 Å². The van der Waals surface area contributed by atoms with E-state index in [0.717, 1.165) is 5.56 Å². The quantitative estimate of drug-likeness (QED) is 0.111. The molecular formula is C39H31ClF2N6O6S2. The van der Waals surface area contributed by atoms with Gasteiger partial charge in [0.1, 0.15) is 59.0 Å². The Morgan fingerprint density at radius 1 is 1.02 bits per heavy atom. The van der Waals surface area contributed by atoms with Crippen LogP contribution in [0.1, 0.15) is 29.0 Å². The van der Waals surface area contributed by atoms with Gasteiger partial charge < -0.3 is 33.3 Å². The maximum absolute atomic E-state index is 15.5. The van der Waals surface area contributed by atoms with Crippen LogP contribution in [0.4, 0.5) is 14.6 Å². The molecule has 3 aromatic heterocycles. The van der Waals surface area contributed by atoms with Gasteiger partial charge in [0.2, 0.25) is 0 Å². The highest BCUT2D eigenvalue weighted by Crippen LogP contribution is 2.46. The predicted octanol–water partition coefficient (Wildman–Crippen LogP) is 8.62. The van der Waals surface area contributed by atoms with E-state index in [1.807, 2.05) is 35.7 Å². The van der Waals surface area contributed by atoms with Crippen LogP contribution in [0.2, 0.25) is 5.02 Å². The van der Waals surface area contributed by atoms with Gasteiger partial charge in [-0.25, -0.2) is 18.4 Å². The molecule has 17 heteroatoms. The molecule has 6 aromatic rings. The predicted molar refractivity (Wildman–Crippen MR) is 202 cm³/mol. The van der Waals surface area contributed by atoms with Crippen LogP contribution in [0.3, 0.4) is 0 Å². The monoisotopic (exact) mass is 816 g/mol. The van der Waals surface area contributed by atoms with Crippen LogP contribution in [0.15, 0.2) is 102 Å². The van der Waals surface area contributed by atoms with Crippen molar-refractivity contribution in [2.45, 2.75) is 54.2 Å². The summed E-state index contributed by atoms with van der Waals surface area (Å²) in [4.78, 5) is 12.6. The minimum Gasteiger partial charge on any atom is -0.497 e. The first kappa shape index (κ1) is 37.9. The highest BCUT2D eigenvalue weighted by Gasteiger charge is 2.52. The summed E-state index contributed by atoms with van der Waals surface area (Å²) < 4.78 is 69.5. The summed E-state index contributed by atoms with van der Waals surface area (Å²) in [6, 6.07) is 19.7. The summed E-state index contributed by atoms with van der Waals surface area (Å²) >= 11 is 8.92. The molecule has 6 atom stereocenters. The van der Waals surface area contributed by atoms with Crippen LogP contribution in [-0.2, 0) is 32.2 Å². The number of ether oxygens (including phenoxy) is 6. The molecule has 0 spiro atoms. The molecule has 12 nitrogen and oxygen atoms in total.